The van der Waals surface area contributed by atoms with E-state index in [1.54, 1.807) is 6.33 Å². The molecule has 2 fully saturated rings. The van der Waals surface area contributed by atoms with E-state index in [2.05, 4.69) is 45.0 Å². The van der Waals surface area contributed by atoms with Crippen LogP contribution in [0.15, 0.2) is 12.4 Å². The van der Waals surface area contributed by atoms with Gasteiger partial charge in [0.1, 0.15) is 18.0 Å². The average Bonchev–Trinajstić information content (AvgIpc) is 2.47. The molecule has 0 bridgehead atoms. The van der Waals surface area contributed by atoms with Crippen LogP contribution in [-0.2, 0) is 4.74 Å². The third-order valence-corrected chi connectivity index (χ3v) is 3.82. The van der Waals surface area contributed by atoms with Gasteiger partial charge in [0.25, 0.3) is 0 Å². The number of ether oxygens (including phenoxy) is 1. The second-order valence-corrected chi connectivity index (χ2v) is 5.63. The van der Waals surface area contributed by atoms with Crippen LogP contribution in [0.1, 0.15) is 13.8 Å². The van der Waals surface area contributed by atoms with E-state index in [-0.39, 0.29) is 12.2 Å². The molecule has 2 atom stereocenters. The molecule has 2 aliphatic heterocycles. The van der Waals surface area contributed by atoms with Crippen molar-refractivity contribution in [3.63, 3.8) is 0 Å². The summed E-state index contributed by atoms with van der Waals surface area (Å²) in [6.45, 7) is 10.1. The summed E-state index contributed by atoms with van der Waals surface area (Å²) >= 11 is 0. The summed E-state index contributed by atoms with van der Waals surface area (Å²) in [6, 6.07) is 2.11. The van der Waals surface area contributed by atoms with Gasteiger partial charge in [0.2, 0.25) is 0 Å². The molecule has 110 valence electrons. The first-order valence-corrected chi connectivity index (χ1v) is 7.40. The van der Waals surface area contributed by atoms with E-state index in [1.165, 1.54) is 0 Å². The van der Waals surface area contributed by atoms with Crippen molar-refractivity contribution >= 4 is 11.6 Å². The van der Waals surface area contributed by atoms with E-state index < -0.39 is 0 Å². The Morgan fingerprint density at radius 2 is 1.65 bits per heavy atom. The molecule has 1 N–H and O–H groups in total. The van der Waals surface area contributed by atoms with Crippen LogP contribution in [0.25, 0.3) is 0 Å². The topological polar surface area (TPSA) is 53.5 Å². The van der Waals surface area contributed by atoms with E-state index >= 15 is 0 Å². The monoisotopic (exact) mass is 277 g/mol. The molecule has 1 aromatic rings. The van der Waals surface area contributed by atoms with Crippen LogP contribution in [0, 0.1) is 0 Å². The van der Waals surface area contributed by atoms with Crippen molar-refractivity contribution in [2.45, 2.75) is 26.1 Å². The van der Waals surface area contributed by atoms with E-state index in [0.29, 0.717) is 0 Å². The summed E-state index contributed by atoms with van der Waals surface area (Å²) in [5.41, 5.74) is 0. The Morgan fingerprint density at radius 3 is 2.30 bits per heavy atom. The zero-order valence-corrected chi connectivity index (χ0v) is 12.2. The van der Waals surface area contributed by atoms with Crippen molar-refractivity contribution in [1.29, 1.82) is 0 Å². The zero-order valence-electron chi connectivity index (χ0n) is 12.2. The number of morpholine rings is 1. The highest BCUT2D eigenvalue weighted by atomic mass is 16.5. The minimum absolute atomic E-state index is 0.247. The van der Waals surface area contributed by atoms with E-state index in [4.69, 9.17) is 4.74 Å². The Bertz CT molecular complexity index is 439. The third kappa shape index (κ3) is 3.02. The number of rotatable bonds is 2. The van der Waals surface area contributed by atoms with Crippen molar-refractivity contribution in [3.05, 3.63) is 12.4 Å². The molecule has 0 amide bonds. The molecule has 2 aliphatic rings. The van der Waals surface area contributed by atoms with Gasteiger partial charge >= 0.3 is 0 Å². The Hall–Kier alpha value is -1.40. The van der Waals surface area contributed by atoms with Gasteiger partial charge in [-0.25, -0.2) is 9.97 Å². The van der Waals surface area contributed by atoms with E-state index in [9.17, 15) is 0 Å². The van der Waals surface area contributed by atoms with Crippen molar-refractivity contribution in [1.82, 2.24) is 15.3 Å². The molecule has 0 saturated carbocycles. The van der Waals surface area contributed by atoms with Crippen LogP contribution in [0.4, 0.5) is 11.6 Å². The lowest BCUT2D eigenvalue weighted by Gasteiger charge is -2.36. The lowest BCUT2D eigenvalue weighted by Crippen LogP contribution is -2.46. The zero-order chi connectivity index (χ0) is 13.9. The third-order valence-electron chi connectivity index (χ3n) is 3.82. The quantitative estimate of drug-likeness (QED) is 0.849. The van der Waals surface area contributed by atoms with Gasteiger partial charge in [0, 0.05) is 45.3 Å². The Kier molecular flexibility index (Phi) is 4.03. The predicted molar refractivity (Wildman–Crippen MR) is 79.3 cm³/mol. The van der Waals surface area contributed by atoms with Crippen LogP contribution in [0.5, 0.6) is 0 Å². The number of aromatic nitrogens is 2. The molecular weight excluding hydrogens is 254 g/mol. The smallest absolute Gasteiger partial charge is 0.134 e. The first-order chi connectivity index (χ1) is 9.72. The highest BCUT2D eigenvalue weighted by molar-refractivity contribution is 5.50. The summed E-state index contributed by atoms with van der Waals surface area (Å²) in [6.07, 6.45) is 2.17. The van der Waals surface area contributed by atoms with Crippen LogP contribution in [-0.4, -0.2) is 61.4 Å². The van der Waals surface area contributed by atoms with Gasteiger partial charge in [-0.2, -0.15) is 0 Å². The minimum atomic E-state index is 0.247. The van der Waals surface area contributed by atoms with E-state index in [1.807, 2.05) is 0 Å². The maximum absolute atomic E-state index is 5.78. The van der Waals surface area contributed by atoms with Gasteiger partial charge in [-0.05, 0) is 13.8 Å². The number of nitrogens with one attached hydrogen (secondary N) is 1. The van der Waals surface area contributed by atoms with Gasteiger partial charge < -0.3 is 19.9 Å². The highest BCUT2D eigenvalue weighted by Crippen LogP contribution is 2.21. The molecule has 0 spiro atoms. The molecule has 3 heterocycles. The van der Waals surface area contributed by atoms with Crippen LogP contribution in [0.3, 0.4) is 0 Å². The number of hydrogen-bond acceptors (Lipinski definition) is 6. The summed E-state index contributed by atoms with van der Waals surface area (Å²) in [5.74, 6) is 2.04. The minimum Gasteiger partial charge on any atom is -0.372 e. The maximum Gasteiger partial charge on any atom is 0.134 e. The fourth-order valence-corrected chi connectivity index (χ4v) is 2.94. The molecule has 0 radical (unpaired) electrons. The molecule has 20 heavy (non-hydrogen) atoms. The van der Waals surface area contributed by atoms with Crippen molar-refractivity contribution < 1.29 is 4.74 Å². The lowest BCUT2D eigenvalue weighted by molar-refractivity contribution is -0.00546. The SMILES string of the molecule is C[C@H]1CN(c2cc(N3CCNCC3)ncn2)C[C@H](C)O1. The van der Waals surface area contributed by atoms with Gasteiger partial charge in [-0.3, -0.25) is 0 Å². The Labute approximate surface area is 120 Å². The predicted octanol–water partition coefficient (Wildman–Crippen LogP) is 0.500. The van der Waals surface area contributed by atoms with Crippen LogP contribution < -0.4 is 15.1 Å². The molecular formula is C14H23N5O. The normalized spacial score (nSPS) is 27.7. The largest absolute Gasteiger partial charge is 0.372 e. The highest BCUT2D eigenvalue weighted by Gasteiger charge is 2.24. The molecule has 0 aliphatic carbocycles. The lowest BCUT2D eigenvalue weighted by atomic mass is 10.2. The van der Waals surface area contributed by atoms with Gasteiger partial charge in [0.05, 0.1) is 12.2 Å². The molecule has 0 aromatic carbocycles. The summed E-state index contributed by atoms with van der Waals surface area (Å²) in [4.78, 5) is 13.5. The molecule has 1 aromatic heterocycles. The molecule has 0 unspecified atom stereocenters. The van der Waals surface area contributed by atoms with Gasteiger partial charge in [0.15, 0.2) is 0 Å². The fourth-order valence-electron chi connectivity index (χ4n) is 2.94. The van der Waals surface area contributed by atoms with Gasteiger partial charge in [-0.15, -0.1) is 0 Å². The van der Waals surface area contributed by atoms with Crippen molar-refractivity contribution in [2.24, 2.45) is 0 Å². The van der Waals surface area contributed by atoms with Gasteiger partial charge in [-0.1, -0.05) is 0 Å². The number of nitrogens with zero attached hydrogens (tertiary/aromatic N) is 4. The second kappa shape index (κ2) is 5.93. The van der Waals surface area contributed by atoms with Crippen LogP contribution >= 0.6 is 0 Å². The molecule has 2 saturated heterocycles. The Morgan fingerprint density at radius 1 is 1.05 bits per heavy atom. The first-order valence-electron chi connectivity index (χ1n) is 7.40. The van der Waals surface area contributed by atoms with Crippen molar-refractivity contribution in [3.8, 4) is 0 Å². The maximum atomic E-state index is 5.78. The molecule has 6 heteroatoms. The fraction of sp³-hybridized carbons (Fsp3) is 0.714. The summed E-state index contributed by atoms with van der Waals surface area (Å²) in [5, 5.41) is 3.36. The summed E-state index contributed by atoms with van der Waals surface area (Å²) in [7, 11) is 0. The number of piperazine rings is 1. The molecule has 3 rings (SSSR count). The van der Waals surface area contributed by atoms with E-state index in [0.717, 1.165) is 50.9 Å². The number of anilines is 2. The average molecular weight is 277 g/mol. The standard InChI is InChI=1S/C14H23N5O/c1-11-8-19(9-12(2)20-11)14-7-13(16-10-17-14)18-5-3-15-4-6-18/h7,10-12,15H,3-6,8-9H2,1-2H3/t11-,12-/m0/s1. The van der Waals surface area contributed by atoms with Crippen molar-refractivity contribution in [2.75, 3.05) is 49.1 Å². The summed E-state index contributed by atoms with van der Waals surface area (Å²) < 4.78 is 5.78. The Balaban J connectivity index is 1.76. The van der Waals surface area contributed by atoms with Crippen LogP contribution in [0.2, 0.25) is 0 Å². The second-order valence-electron chi connectivity index (χ2n) is 5.63. The number of hydrogen-bond donors (Lipinski definition) is 1. The molecule has 6 nitrogen and oxygen atoms in total. The first kappa shape index (κ1) is 13.6.